The second-order valence-corrected chi connectivity index (χ2v) is 4.61. The summed E-state index contributed by atoms with van der Waals surface area (Å²) in [6.07, 6.45) is 2.47. The molecule has 1 unspecified atom stereocenters. The van der Waals surface area contributed by atoms with Crippen molar-refractivity contribution in [1.29, 1.82) is 0 Å². The lowest BCUT2D eigenvalue weighted by atomic mass is 10.3. The van der Waals surface area contributed by atoms with E-state index >= 15 is 0 Å². The highest BCUT2D eigenvalue weighted by atomic mass is 16.2. The summed E-state index contributed by atoms with van der Waals surface area (Å²) >= 11 is 0. The lowest BCUT2D eigenvalue weighted by Gasteiger charge is -2.36. The summed E-state index contributed by atoms with van der Waals surface area (Å²) in [6.45, 7) is 2.56. The number of carbonyl (C=O) groups is 1. The number of nitrogens with zero attached hydrogens (tertiary/aromatic N) is 2. The zero-order valence-electron chi connectivity index (χ0n) is 9.50. The first-order valence-corrected chi connectivity index (χ1v) is 5.01. The zero-order valence-corrected chi connectivity index (χ0v) is 9.50. The molecule has 1 fully saturated rings. The van der Waals surface area contributed by atoms with E-state index in [0.29, 0.717) is 6.17 Å². The molecule has 3 heteroatoms. The molecule has 1 aliphatic rings. The number of quaternary nitrogens is 1. The fourth-order valence-corrected chi connectivity index (χ4v) is 1.97. The molecular weight excluding hydrogens is 176 g/mol. The number of hydrogen-bond acceptors (Lipinski definition) is 1. The van der Waals surface area contributed by atoms with Crippen LogP contribution >= 0.6 is 0 Å². The molecule has 1 aliphatic heterocycles. The standard InChI is InChI=1S/C11H19N2O/c1-5-7-11(14)12-9-6-8-10(12)13(2,3)4/h10H,6,8-9H2,1-4H3/q+1. The Kier molecular flexibility index (Phi) is 3.17. The summed E-state index contributed by atoms with van der Waals surface area (Å²) in [5.74, 6) is 5.26. The van der Waals surface area contributed by atoms with Gasteiger partial charge in [-0.05, 0) is 19.3 Å². The van der Waals surface area contributed by atoms with E-state index in [4.69, 9.17) is 0 Å². The van der Waals surface area contributed by atoms with Gasteiger partial charge >= 0.3 is 5.91 Å². The molecule has 1 saturated heterocycles. The van der Waals surface area contributed by atoms with E-state index in [1.807, 2.05) is 4.90 Å². The summed E-state index contributed by atoms with van der Waals surface area (Å²) in [4.78, 5) is 13.5. The third kappa shape index (κ3) is 2.27. The molecule has 1 atom stereocenters. The number of likely N-dealkylation sites (tertiary alicyclic amines) is 1. The van der Waals surface area contributed by atoms with E-state index in [1.54, 1.807) is 6.92 Å². The van der Waals surface area contributed by atoms with Crippen molar-refractivity contribution in [3.05, 3.63) is 0 Å². The molecular formula is C11H19N2O+. The summed E-state index contributed by atoms with van der Waals surface area (Å²) in [7, 11) is 6.36. The van der Waals surface area contributed by atoms with E-state index in [9.17, 15) is 4.79 Å². The average Bonchev–Trinajstić information content (AvgIpc) is 2.50. The van der Waals surface area contributed by atoms with Crippen molar-refractivity contribution in [2.24, 2.45) is 0 Å². The molecule has 0 aromatic rings. The third-order valence-corrected chi connectivity index (χ3v) is 2.61. The normalized spacial score (nSPS) is 21.7. The maximum Gasteiger partial charge on any atom is 0.302 e. The van der Waals surface area contributed by atoms with E-state index in [2.05, 4.69) is 33.0 Å². The van der Waals surface area contributed by atoms with E-state index in [-0.39, 0.29) is 5.91 Å². The van der Waals surface area contributed by atoms with Gasteiger partial charge in [0.15, 0.2) is 6.17 Å². The minimum Gasteiger partial charge on any atom is -0.311 e. The van der Waals surface area contributed by atoms with Crippen LogP contribution < -0.4 is 0 Å². The van der Waals surface area contributed by atoms with Crippen LogP contribution in [0.2, 0.25) is 0 Å². The van der Waals surface area contributed by atoms with Crippen molar-refractivity contribution in [2.75, 3.05) is 27.7 Å². The van der Waals surface area contributed by atoms with Gasteiger partial charge in [0.1, 0.15) is 0 Å². The molecule has 0 aromatic carbocycles. The van der Waals surface area contributed by atoms with Gasteiger partial charge < -0.3 is 4.48 Å². The molecule has 3 nitrogen and oxygen atoms in total. The number of hydrogen-bond donors (Lipinski definition) is 0. The Labute approximate surface area is 86.3 Å². The second-order valence-electron chi connectivity index (χ2n) is 4.61. The van der Waals surface area contributed by atoms with Crippen LogP contribution in [0.4, 0.5) is 0 Å². The van der Waals surface area contributed by atoms with Crippen LogP contribution in [0.25, 0.3) is 0 Å². The Morgan fingerprint density at radius 3 is 2.57 bits per heavy atom. The molecule has 1 rings (SSSR count). The lowest BCUT2D eigenvalue weighted by Crippen LogP contribution is -2.53. The van der Waals surface area contributed by atoms with Gasteiger partial charge in [0, 0.05) is 13.0 Å². The maximum absolute atomic E-state index is 11.6. The van der Waals surface area contributed by atoms with Crippen molar-refractivity contribution in [3.63, 3.8) is 0 Å². The first-order valence-electron chi connectivity index (χ1n) is 5.01. The van der Waals surface area contributed by atoms with Crippen molar-refractivity contribution >= 4 is 5.91 Å². The van der Waals surface area contributed by atoms with Gasteiger partial charge in [-0.2, -0.15) is 0 Å². The highest BCUT2D eigenvalue weighted by Crippen LogP contribution is 2.22. The Balaban J connectivity index is 2.77. The summed E-state index contributed by atoms with van der Waals surface area (Å²) < 4.78 is 0.803. The Morgan fingerprint density at radius 2 is 2.07 bits per heavy atom. The Morgan fingerprint density at radius 1 is 1.43 bits per heavy atom. The minimum atomic E-state index is -0.0250. The van der Waals surface area contributed by atoms with Crippen molar-refractivity contribution in [2.45, 2.75) is 25.9 Å². The monoisotopic (exact) mass is 195 g/mol. The minimum absolute atomic E-state index is 0.0250. The smallest absolute Gasteiger partial charge is 0.302 e. The van der Waals surface area contributed by atoms with Crippen molar-refractivity contribution < 1.29 is 9.28 Å². The van der Waals surface area contributed by atoms with Gasteiger partial charge in [-0.15, -0.1) is 0 Å². The highest BCUT2D eigenvalue weighted by molar-refractivity contribution is 5.93. The molecule has 14 heavy (non-hydrogen) atoms. The average molecular weight is 195 g/mol. The first kappa shape index (κ1) is 11.1. The van der Waals surface area contributed by atoms with E-state index in [0.717, 1.165) is 23.9 Å². The zero-order chi connectivity index (χ0) is 10.8. The molecule has 0 saturated carbocycles. The molecule has 0 bridgehead atoms. The number of rotatable bonds is 1. The van der Waals surface area contributed by atoms with E-state index < -0.39 is 0 Å². The predicted molar refractivity (Wildman–Crippen MR) is 56.2 cm³/mol. The van der Waals surface area contributed by atoms with Gasteiger partial charge in [0.05, 0.1) is 21.1 Å². The second kappa shape index (κ2) is 4.02. The topological polar surface area (TPSA) is 20.3 Å². The van der Waals surface area contributed by atoms with Crippen LogP contribution in [-0.2, 0) is 4.79 Å². The third-order valence-electron chi connectivity index (χ3n) is 2.61. The molecule has 1 heterocycles. The summed E-state index contributed by atoms with van der Waals surface area (Å²) in [5.41, 5.74) is 0. The molecule has 0 spiro atoms. The molecule has 0 aromatic heterocycles. The van der Waals surface area contributed by atoms with Gasteiger partial charge in [-0.3, -0.25) is 9.69 Å². The van der Waals surface area contributed by atoms with Crippen LogP contribution in [-0.4, -0.2) is 49.1 Å². The number of amides is 1. The molecule has 0 aliphatic carbocycles. The molecule has 1 amide bonds. The highest BCUT2D eigenvalue weighted by Gasteiger charge is 2.37. The molecule has 0 radical (unpaired) electrons. The van der Waals surface area contributed by atoms with Gasteiger partial charge in [0.2, 0.25) is 0 Å². The van der Waals surface area contributed by atoms with Crippen LogP contribution in [0.15, 0.2) is 0 Å². The van der Waals surface area contributed by atoms with Crippen LogP contribution in [0.5, 0.6) is 0 Å². The largest absolute Gasteiger partial charge is 0.311 e. The molecule has 78 valence electrons. The maximum atomic E-state index is 11.6. The quantitative estimate of drug-likeness (QED) is 0.445. The van der Waals surface area contributed by atoms with Gasteiger partial charge in [0.25, 0.3) is 0 Å². The van der Waals surface area contributed by atoms with Gasteiger partial charge in [-0.1, -0.05) is 5.92 Å². The van der Waals surface area contributed by atoms with Crippen molar-refractivity contribution in [1.82, 2.24) is 4.90 Å². The summed E-state index contributed by atoms with van der Waals surface area (Å²) in [6, 6.07) is 0. The molecule has 0 N–H and O–H groups in total. The fraction of sp³-hybridized carbons (Fsp3) is 0.727. The fourth-order valence-electron chi connectivity index (χ4n) is 1.97. The van der Waals surface area contributed by atoms with Crippen LogP contribution in [0.1, 0.15) is 19.8 Å². The Bertz CT molecular complexity index is 280. The predicted octanol–water partition coefficient (Wildman–Crippen LogP) is 0.664. The van der Waals surface area contributed by atoms with Gasteiger partial charge in [-0.25, -0.2) is 0 Å². The van der Waals surface area contributed by atoms with Crippen LogP contribution in [0.3, 0.4) is 0 Å². The SMILES string of the molecule is CC#CC(=O)N1CCCC1[N+](C)(C)C. The number of carbonyl (C=O) groups excluding carboxylic acids is 1. The van der Waals surface area contributed by atoms with E-state index in [1.165, 1.54) is 0 Å². The lowest BCUT2D eigenvalue weighted by molar-refractivity contribution is -0.904. The van der Waals surface area contributed by atoms with Crippen LogP contribution in [0, 0.1) is 11.8 Å². The summed E-state index contributed by atoms with van der Waals surface area (Å²) in [5, 5.41) is 0. The Hall–Kier alpha value is -1.01. The first-order chi connectivity index (χ1) is 6.46. The van der Waals surface area contributed by atoms with Crippen molar-refractivity contribution in [3.8, 4) is 11.8 Å².